The number of hydrogen-bond donors (Lipinski definition) is 3. The minimum atomic E-state index is 0.112. The highest BCUT2D eigenvalue weighted by molar-refractivity contribution is 6.21. The summed E-state index contributed by atoms with van der Waals surface area (Å²) in [5, 5.41) is 19.6. The number of aromatic amines is 2. The van der Waals surface area contributed by atoms with Crippen molar-refractivity contribution in [2.24, 2.45) is 4.99 Å². The summed E-state index contributed by atoms with van der Waals surface area (Å²) in [4.78, 5) is 7.95. The number of nitrogens with one attached hydrogen (secondary N) is 2. The van der Waals surface area contributed by atoms with Crippen molar-refractivity contribution in [3.05, 3.63) is 90.1 Å². The molecule has 0 bridgehead atoms. The van der Waals surface area contributed by atoms with Crippen LogP contribution in [0.5, 0.6) is 5.88 Å². The molecule has 5 rings (SSSR count). The summed E-state index contributed by atoms with van der Waals surface area (Å²) in [6, 6.07) is 23.6. The predicted molar refractivity (Wildman–Crippen MR) is 108 cm³/mol. The van der Waals surface area contributed by atoms with E-state index in [0.717, 1.165) is 33.1 Å². The minimum absolute atomic E-state index is 0.112. The molecule has 5 nitrogen and oxygen atoms in total. The maximum atomic E-state index is 10.6. The molecular formula is C22H16N4O. The molecule has 3 aromatic carbocycles. The Bertz CT molecular complexity index is 1280. The van der Waals surface area contributed by atoms with E-state index in [1.807, 2.05) is 72.8 Å². The van der Waals surface area contributed by atoms with Crippen LogP contribution >= 0.6 is 0 Å². The van der Waals surface area contributed by atoms with Crippen LogP contribution in [0.15, 0.2) is 84.0 Å². The van der Waals surface area contributed by atoms with Gasteiger partial charge in [-0.3, -0.25) is 5.10 Å². The molecule has 130 valence electrons. The Morgan fingerprint density at radius 3 is 2.59 bits per heavy atom. The summed E-state index contributed by atoms with van der Waals surface area (Å²) in [6.45, 7) is 0. The first-order valence-electron chi connectivity index (χ1n) is 8.67. The normalized spacial score (nSPS) is 12.1. The highest BCUT2D eigenvalue weighted by Crippen LogP contribution is 2.31. The van der Waals surface area contributed by atoms with Crippen LogP contribution in [0.4, 0.5) is 5.69 Å². The van der Waals surface area contributed by atoms with Gasteiger partial charge in [0.2, 0.25) is 0 Å². The second-order valence-electron chi connectivity index (χ2n) is 6.36. The molecule has 0 amide bonds. The summed E-state index contributed by atoms with van der Waals surface area (Å²) >= 11 is 0. The molecule has 2 aromatic heterocycles. The summed E-state index contributed by atoms with van der Waals surface area (Å²) in [5.74, 6) is 0.112. The zero-order valence-corrected chi connectivity index (χ0v) is 14.3. The molecular weight excluding hydrogens is 336 g/mol. The standard InChI is InChI=1S/C22H16N4O/c27-22-20(17-8-4-5-9-18(17)25-22)21(14-6-2-1-3-7-14)24-16-11-10-15-13-23-26-19(15)12-16/h1-13,25,27H,(H,23,26). The number of aromatic hydroxyl groups is 1. The van der Waals surface area contributed by atoms with Gasteiger partial charge in [-0.05, 0) is 24.3 Å². The minimum Gasteiger partial charge on any atom is -0.494 e. The largest absolute Gasteiger partial charge is 0.494 e. The van der Waals surface area contributed by atoms with Crippen molar-refractivity contribution in [3.63, 3.8) is 0 Å². The maximum absolute atomic E-state index is 10.6. The van der Waals surface area contributed by atoms with Gasteiger partial charge in [-0.1, -0.05) is 48.5 Å². The van der Waals surface area contributed by atoms with Crippen LogP contribution in [-0.2, 0) is 0 Å². The molecule has 0 aliphatic heterocycles. The molecule has 0 atom stereocenters. The number of rotatable bonds is 3. The van der Waals surface area contributed by atoms with Crippen molar-refractivity contribution in [2.75, 3.05) is 0 Å². The van der Waals surface area contributed by atoms with E-state index in [4.69, 9.17) is 4.99 Å². The van der Waals surface area contributed by atoms with Gasteiger partial charge in [-0.25, -0.2) is 4.99 Å². The van der Waals surface area contributed by atoms with Gasteiger partial charge in [0.15, 0.2) is 5.88 Å². The second kappa shape index (κ2) is 6.14. The fraction of sp³-hybridized carbons (Fsp3) is 0. The monoisotopic (exact) mass is 352 g/mol. The van der Waals surface area contributed by atoms with E-state index in [2.05, 4.69) is 15.2 Å². The average Bonchev–Trinajstić information content (AvgIpc) is 3.30. The predicted octanol–water partition coefficient (Wildman–Crippen LogP) is 4.92. The topological polar surface area (TPSA) is 77.1 Å². The van der Waals surface area contributed by atoms with Crippen molar-refractivity contribution < 1.29 is 5.11 Å². The highest BCUT2D eigenvalue weighted by Gasteiger charge is 2.18. The van der Waals surface area contributed by atoms with Crippen LogP contribution in [0, 0.1) is 0 Å². The number of benzene rings is 3. The first-order valence-corrected chi connectivity index (χ1v) is 8.67. The van der Waals surface area contributed by atoms with E-state index in [1.165, 1.54) is 0 Å². The molecule has 3 N–H and O–H groups in total. The Kier molecular flexibility index (Phi) is 3.50. The van der Waals surface area contributed by atoms with Crippen molar-refractivity contribution in [2.45, 2.75) is 0 Å². The Morgan fingerprint density at radius 2 is 1.70 bits per heavy atom. The van der Waals surface area contributed by atoms with Gasteiger partial charge in [-0.2, -0.15) is 5.10 Å². The van der Waals surface area contributed by atoms with Crippen LogP contribution in [0.2, 0.25) is 0 Å². The molecule has 5 aromatic rings. The Morgan fingerprint density at radius 1 is 0.889 bits per heavy atom. The first-order chi connectivity index (χ1) is 13.3. The zero-order chi connectivity index (χ0) is 18.2. The number of hydrogen-bond acceptors (Lipinski definition) is 3. The Labute approximate surface area is 155 Å². The van der Waals surface area contributed by atoms with Gasteiger partial charge in [0.05, 0.1) is 28.7 Å². The van der Waals surface area contributed by atoms with E-state index in [1.54, 1.807) is 6.20 Å². The third kappa shape index (κ3) is 2.66. The lowest BCUT2D eigenvalue weighted by Crippen LogP contribution is -2.02. The van der Waals surface area contributed by atoms with Gasteiger partial charge in [0.25, 0.3) is 0 Å². The second-order valence-corrected chi connectivity index (χ2v) is 6.36. The quantitative estimate of drug-likeness (QED) is 0.403. The SMILES string of the molecule is Oc1[nH]c2ccccc2c1C(=Nc1ccc2cn[nH]c2c1)c1ccccc1. The summed E-state index contributed by atoms with van der Waals surface area (Å²) in [6.07, 6.45) is 1.78. The van der Waals surface area contributed by atoms with Crippen molar-refractivity contribution >= 4 is 33.2 Å². The zero-order valence-electron chi connectivity index (χ0n) is 14.3. The summed E-state index contributed by atoms with van der Waals surface area (Å²) in [7, 11) is 0. The fourth-order valence-electron chi connectivity index (χ4n) is 3.35. The molecule has 0 fully saturated rings. The van der Waals surface area contributed by atoms with Crippen LogP contribution in [0.25, 0.3) is 21.8 Å². The lowest BCUT2D eigenvalue weighted by molar-refractivity contribution is 0.457. The molecule has 0 saturated carbocycles. The first kappa shape index (κ1) is 15.4. The highest BCUT2D eigenvalue weighted by atomic mass is 16.3. The smallest absolute Gasteiger partial charge is 0.199 e. The van der Waals surface area contributed by atoms with Gasteiger partial charge in [0, 0.05) is 21.9 Å². The van der Waals surface area contributed by atoms with Crippen molar-refractivity contribution in [1.82, 2.24) is 15.2 Å². The van der Waals surface area contributed by atoms with Gasteiger partial charge >= 0.3 is 0 Å². The lowest BCUT2D eigenvalue weighted by atomic mass is 10.0. The molecule has 0 unspecified atom stereocenters. The Hall–Kier alpha value is -3.86. The van der Waals surface area contributed by atoms with E-state index in [-0.39, 0.29) is 5.88 Å². The fourth-order valence-corrected chi connectivity index (χ4v) is 3.35. The molecule has 0 aliphatic carbocycles. The number of para-hydroxylation sites is 1. The molecule has 0 saturated heterocycles. The number of H-pyrrole nitrogens is 2. The van der Waals surface area contributed by atoms with Crippen LogP contribution in [0.3, 0.4) is 0 Å². The number of nitrogens with zero attached hydrogens (tertiary/aromatic N) is 2. The van der Waals surface area contributed by atoms with Crippen molar-refractivity contribution in [1.29, 1.82) is 0 Å². The van der Waals surface area contributed by atoms with Crippen LogP contribution in [0.1, 0.15) is 11.1 Å². The summed E-state index contributed by atoms with van der Waals surface area (Å²) in [5.41, 5.74) is 4.92. The lowest BCUT2D eigenvalue weighted by Gasteiger charge is -2.08. The Balaban J connectivity index is 1.77. The third-order valence-electron chi connectivity index (χ3n) is 4.64. The van der Waals surface area contributed by atoms with E-state index in [9.17, 15) is 5.11 Å². The number of aliphatic imine (C=N–C) groups is 1. The van der Waals surface area contributed by atoms with Crippen LogP contribution in [-0.4, -0.2) is 26.0 Å². The molecule has 5 heteroatoms. The molecule has 0 aliphatic rings. The van der Waals surface area contributed by atoms with E-state index < -0.39 is 0 Å². The van der Waals surface area contributed by atoms with Crippen LogP contribution < -0.4 is 0 Å². The number of aromatic nitrogens is 3. The molecule has 27 heavy (non-hydrogen) atoms. The van der Waals surface area contributed by atoms with E-state index in [0.29, 0.717) is 11.3 Å². The number of fused-ring (bicyclic) bond motifs is 2. The molecule has 0 spiro atoms. The van der Waals surface area contributed by atoms with E-state index >= 15 is 0 Å². The summed E-state index contributed by atoms with van der Waals surface area (Å²) < 4.78 is 0. The van der Waals surface area contributed by atoms with Gasteiger partial charge < -0.3 is 10.1 Å². The third-order valence-corrected chi connectivity index (χ3v) is 4.64. The molecule has 2 heterocycles. The average molecular weight is 352 g/mol. The van der Waals surface area contributed by atoms with Gasteiger partial charge in [-0.15, -0.1) is 0 Å². The van der Waals surface area contributed by atoms with Crippen molar-refractivity contribution in [3.8, 4) is 5.88 Å². The molecule has 0 radical (unpaired) electrons. The maximum Gasteiger partial charge on any atom is 0.199 e. The van der Waals surface area contributed by atoms with Gasteiger partial charge in [0.1, 0.15) is 0 Å².